The summed E-state index contributed by atoms with van der Waals surface area (Å²) in [6, 6.07) is 3.19. The Labute approximate surface area is 146 Å². The van der Waals surface area contributed by atoms with Crippen LogP contribution >= 0.6 is 0 Å². The lowest BCUT2D eigenvalue weighted by Crippen LogP contribution is -2.44. The summed E-state index contributed by atoms with van der Waals surface area (Å²) in [6.07, 6.45) is 6.26. The van der Waals surface area contributed by atoms with Crippen LogP contribution in [0.1, 0.15) is 25.0 Å². The second-order valence-corrected chi connectivity index (χ2v) is 6.13. The van der Waals surface area contributed by atoms with Crippen LogP contribution in [0.4, 0.5) is 10.5 Å². The van der Waals surface area contributed by atoms with E-state index in [0.29, 0.717) is 17.3 Å². The molecule has 1 aliphatic rings. The molecule has 0 spiro atoms. The van der Waals surface area contributed by atoms with Gasteiger partial charge in [0.1, 0.15) is 6.10 Å². The maximum atomic E-state index is 12.3. The Hall–Kier alpha value is -2.77. The van der Waals surface area contributed by atoms with Crippen molar-refractivity contribution in [2.75, 3.05) is 12.4 Å². The number of hydrogen-bond donors (Lipinski definition) is 2. The van der Waals surface area contributed by atoms with Crippen molar-refractivity contribution in [1.29, 1.82) is 0 Å². The van der Waals surface area contributed by atoms with Crippen molar-refractivity contribution in [3.63, 3.8) is 0 Å². The molecule has 2 aromatic heterocycles. The van der Waals surface area contributed by atoms with Crippen molar-refractivity contribution in [2.45, 2.75) is 38.3 Å². The van der Waals surface area contributed by atoms with Gasteiger partial charge in [-0.25, -0.2) is 9.78 Å². The summed E-state index contributed by atoms with van der Waals surface area (Å²) in [5.74, 6) is 1.24. The van der Waals surface area contributed by atoms with Crippen LogP contribution in [0.15, 0.2) is 24.5 Å². The van der Waals surface area contributed by atoms with E-state index in [2.05, 4.69) is 20.7 Å². The molecule has 0 aromatic carbocycles. The van der Waals surface area contributed by atoms with Gasteiger partial charge in [-0.2, -0.15) is 5.10 Å². The molecule has 0 bridgehead atoms. The summed E-state index contributed by atoms with van der Waals surface area (Å²) in [4.78, 5) is 16.6. The van der Waals surface area contributed by atoms with Gasteiger partial charge in [0.05, 0.1) is 36.9 Å². The SMILES string of the molecule is COc1ccc(NC(=O)N[C@@H]2CCC[C@@H]2Oc2cnn(C)c2)c(C)n1. The van der Waals surface area contributed by atoms with E-state index in [1.165, 1.54) is 0 Å². The molecule has 1 fully saturated rings. The van der Waals surface area contributed by atoms with E-state index < -0.39 is 0 Å². The van der Waals surface area contributed by atoms with E-state index in [-0.39, 0.29) is 18.2 Å². The molecule has 2 amide bonds. The molecular formula is C17H23N5O3. The number of urea groups is 1. The van der Waals surface area contributed by atoms with Gasteiger partial charge in [-0.1, -0.05) is 0 Å². The number of amides is 2. The van der Waals surface area contributed by atoms with E-state index in [1.54, 1.807) is 30.1 Å². The van der Waals surface area contributed by atoms with Crippen LogP contribution in [0.2, 0.25) is 0 Å². The molecule has 0 radical (unpaired) electrons. The largest absolute Gasteiger partial charge is 0.485 e. The fraction of sp³-hybridized carbons (Fsp3) is 0.471. The highest BCUT2D eigenvalue weighted by Crippen LogP contribution is 2.25. The van der Waals surface area contributed by atoms with Crippen molar-refractivity contribution in [1.82, 2.24) is 20.1 Å². The molecule has 0 aliphatic heterocycles. The van der Waals surface area contributed by atoms with Gasteiger partial charge in [-0.05, 0) is 32.3 Å². The number of ether oxygens (including phenoxy) is 2. The predicted molar refractivity (Wildman–Crippen MR) is 92.9 cm³/mol. The normalized spacial score (nSPS) is 19.5. The van der Waals surface area contributed by atoms with Crippen LogP contribution in [-0.2, 0) is 7.05 Å². The van der Waals surface area contributed by atoms with Gasteiger partial charge in [-0.3, -0.25) is 4.68 Å². The zero-order chi connectivity index (χ0) is 17.8. The number of carbonyl (C=O) groups excluding carboxylic acids is 1. The Morgan fingerprint density at radius 3 is 2.88 bits per heavy atom. The Balaban J connectivity index is 1.58. The van der Waals surface area contributed by atoms with Crippen LogP contribution in [0.3, 0.4) is 0 Å². The Morgan fingerprint density at radius 2 is 2.20 bits per heavy atom. The summed E-state index contributed by atoms with van der Waals surface area (Å²) in [6.45, 7) is 1.82. The minimum absolute atomic E-state index is 0.0354. The highest BCUT2D eigenvalue weighted by Gasteiger charge is 2.30. The molecule has 8 heteroatoms. The number of nitrogens with zero attached hydrogens (tertiary/aromatic N) is 3. The number of anilines is 1. The quantitative estimate of drug-likeness (QED) is 0.867. The first-order chi connectivity index (χ1) is 12.0. The van der Waals surface area contributed by atoms with Crippen molar-refractivity contribution in [3.05, 3.63) is 30.2 Å². The maximum Gasteiger partial charge on any atom is 0.319 e. The van der Waals surface area contributed by atoms with E-state index in [4.69, 9.17) is 9.47 Å². The number of nitrogens with one attached hydrogen (secondary N) is 2. The van der Waals surface area contributed by atoms with Gasteiger partial charge in [-0.15, -0.1) is 0 Å². The van der Waals surface area contributed by atoms with Crippen molar-refractivity contribution >= 4 is 11.7 Å². The predicted octanol–water partition coefficient (Wildman–Crippen LogP) is 2.25. The van der Waals surface area contributed by atoms with Crippen LogP contribution in [-0.4, -0.2) is 40.1 Å². The third-order valence-electron chi connectivity index (χ3n) is 4.26. The second kappa shape index (κ2) is 7.42. The first kappa shape index (κ1) is 17.1. The van der Waals surface area contributed by atoms with Crippen LogP contribution in [0, 0.1) is 6.92 Å². The molecule has 1 aliphatic carbocycles. The molecule has 3 rings (SSSR count). The second-order valence-electron chi connectivity index (χ2n) is 6.13. The van der Waals surface area contributed by atoms with Gasteiger partial charge in [0.25, 0.3) is 0 Å². The molecule has 0 saturated heterocycles. The van der Waals surface area contributed by atoms with E-state index in [1.807, 2.05) is 20.2 Å². The smallest absolute Gasteiger partial charge is 0.319 e. The van der Waals surface area contributed by atoms with Crippen LogP contribution < -0.4 is 20.1 Å². The molecular weight excluding hydrogens is 322 g/mol. The lowest BCUT2D eigenvalue weighted by molar-refractivity contribution is 0.175. The Kier molecular flexibility index (Phi) is 5.06. The molecule has 134 valence electrons. The first-order valence-electron chi connectivity index (χ1n) is 8.29. The topological polar surface area (TPSA) is 90.3 Å². The van der Waals surface area contributed by atoms with Gasteiger partial charge in [0, 0.05) is 13.1 Å². The van der Waals surface area contributed by atoms with Gasteiger partial charge < -0.3 is 20.1 Å². The summed E-state index contributed by atoms with van der Waals surface area (Å²) >= 11 is 0. The molecule has 25 heavy (non-hydrogen) atoms. The van der Waals surface area contributed by atoms with Crippen LogP contribution in [0.25, 0.3) is 0 Å². The highest BCUT2D eigenvalue weighted by molar-refractivity contribution is 5.90. The molecule has 8 nitrogen and oxygen atoms in total. The van der Waals surface area contributed by atoms with Gasteiger partial charge >= 0.3 is 6.03 Å². The summed E-state index contributed by atoms with van der Waals surface area (Å²) in [5.41, 5.74) is 1.35. The van der Waals surface area contributed by atoms with Gasteiger partial charge in [0.2, 0.25) is 5.88 Å². The monoisotopic (exact) mass is 345 g/mol. The summed E-state index contributed by atoms with van der Waals surface area (Å²) in [5, 5.41) is 9.93. The fourth-order valence-electron chi connectivity index (χ4n) is 2.98. The summed E-state index contributed by atoms with van der Waals surface area (Å²) < 4.78 is 12.7. The van der Waals surface area contributed by atoms with E-state index in [9.17, 15) is 4.79 Å². The van der Waals surface area contributed by atoms with E-state index in [0.717, 1.165) is 25.0 Å². The third-order valence-corrected chi connectivity index (χ3v) is 4.26. The molecule has 2 N–H and O–H groups in total. The molecule has 1 saturated carbocycles. The first-order valence-corrected chi connectivity index (χ1v) is 8.29. The zero-order valence-electron chi connectivity index (χ0n) is 14.7. The Morgan fingerprint density at radius 1 is 1.36 bits per heavy atom. The molecule has 2 heterocycles. The maximum absolute atomic E-state index is 12.3. The minimum atomic E-state index is -0.262. The number of hydrogen-bond acceptors (Lipinski definition) is 5. The van der Waals surface area contributed by atoms with Crippen LogP contribution in [0.5, 0.6) is 11.6 Å². The average Bonchev–Trinajstić information content (AvgIpc) is 3.19. The molecule has 0 unspecified atom stereocenters. The molecule has 2 atom stereocenters. The number of rotatable bonds is 5. The number of methoxy groups -OCH3 is 1. The zero-order valence-corrected chi connectivity index (χ0v) is 14.7. The Bertz CT molecular complexity index is 746. The minimum Gasteiger partial charge on any atom is -0.485 e. The average molecular weight is 345 g/mol. The van der Waals surface area contributed by atoms with Gasteiger partial charge in [0.15, 0.2) is 5.75 Å². The lowest BCUT2D eigenvalue weighted by Gasteiger charge is -2.22. The number of aryl methyl sites for hydroxylation is 2. The highest BCUT2D eigenvalue weighted by atomic mass is 16.5. The van der Waals surface area contributed by atoms with Crippen molar-refractivity contribution in [3.8, 4) is 11.6 Å². The standard InChI is InChI=1S/C17H23N5O3/c1-11-13(7-8-16(19-11)24-3)20-17(23)21-14-5-4-6-15(14)25-12-9-18-22(2)10-12/h7-10,14-15H,4-6H2,1-3H3,(H2,20,21,23)/t14-,15+/m1/s1. The fourth-order valence-corrected chi connectivity index (χ4v) is 2.98. The third kappa shape index (κ3) is 4.20. The van der Waals surface area contributed by atoms with E-state index >= 15 is 0 Å². The number of carbonyl (C=O) groups is 1. The van der Waals surface area contributed by atoms with Crippen molar-refractivity contribution in [2.24, 2.45) is 7.05 Å². The summed E-state index contributed by atoms with van der Waals surface area (Å²) in [7, 11) is 3.40. The lowest BCUT2D eigenvalue weighted by atomic mass is 10.2. The van der Waals surface area contributed by atoms with Crippen molar-refractivity contribution < 1.29 is 14.3 Å². The molecule has 2 aromatic rings. The number of pyridine rings is 1. The number of aromatic nitrogens is 3.